The average molecular weight is 200 g/mol. The summed E-state index contributed by atoms with van der Waals surface area (Å²) in [5.41, 5.74) is 5.85. The van der Waals surface area contributed by atoms with E-state index in [1.165, 1.54) is 5.56 Å². The average Bonchev–Trinajstić information content (AvgIpc) is 2.15. The molecule has 0 saturated carbocycles. The Morgan fingerprint density at radius 1 is 1.31 bits per heavy atom. The van der Waals surface area contributed by atoms with E-state index in [1.54, 1.807) is 0 Å². The van der Waals surface area contributed by atoms with Crippen LogP contribution in [0.15, 0.2) is 30.3 Å². The third-order valence-corrected chi connectivity index (χ3v) is 2.23. The van der Waals surface area contributed by atoms with Gasteiger partial charge in [-0.1, -0.05) is 30.3 Å². The molecule has 1 aromatic carbocycles. The van der Waals surface area contributed by atoms with Crippen molar-refractivity contribution in [2.45, 2.75) is 24.4 Å². The highest BCUT2D eigenvalue weighted by Gasteiger charge is 2.10. The number of rotatable bonds is 4. The number of halogens is 1. The maximum absolute atomic E-state index is 9.33. The lowest BCUT2D eigenvalue weighted by molar-refractivity contribution is 0.161. The fourth-order valence-corrected chi connectivity index (χ4v) is 1.24. The Morgan fingerprint density at radius 2 is 1.92 bits per heavy atom. The van der Waals surface area contributed by atoms with E-state index in [9.17, 15) is 5.11 Å². The van der Waals surface area contributed by atoms with Crippen LogP contribution in [0.3, 0.4) is 0 Å². The van der Waals surface area contributed by atoms with Crippen molar-refractivity contribution < 1.29 is 5.11 Å². The normalized spacial score (nSPS) is 15.3. The molecule has 0 aliphatic heterocycles. The minimum atomic E-state index is -0.663. The van der Waals surface area contributed by atoms with Crippen LogP contribution in [0.4, 0.5) is 0 Å². The second-order valence-corrected chi connectivity index (χ2v) is 3.54. The second kappa shape index (κ2) is 5.22. The molecule has 3 heteroatoms. The molecule has 0 bridgehead atoms. The van der Waals surface area contributed by atoms with Gasteiger partial charge in [-0.25, -0.2) is 0 Å². The van der Waals surface area contributed by atoms with E-state index >= 15 is 0 Å². The summed E-state index contributed by atoms with van der Waals surface area (Å²) in [4.78, 5) is 0. The first kappa shape index (κ1) is 10.5. The van der Waals surface area contributed by atoms with Crippen molar-refractivity contribution in [3.63, 3.8) is 0 Å². The summed E-state index contributed by atoms with van der Waals surface area (Å²) >= 11 is 5.52. The van der Waals surface area contributed by atoms with E-state index in [4.69, 9.17) is 17.3 Å². The number of benzene rings is 1. The molecule has 0 saturated heterocycles. The fraction of sp³-hybridized carbons (Fsp3) is 0.400. The van der Waals surface area contributed by atoms with E-state index in [-0.39, 0.29) is 0 Å². The van der Waals surface area contributed by atoms with E-state index in [2.05, 4.69) is 0 Å². The van der Waals surface area contributed by atoms with Crippen LogP contribution in [0, 0.1) is 0 Å². The van der Waals surface area contributed by atoms with Crippen molar-refractivity contribution in [3.8, 4) is 0 Å². The van der Waals surface area contributed by atoms with Crippen molar-refractivity contribution in [1.29, 1.82) is 0 Å². The van der Waals surface area contributed by atoms with Gasteiger partial charge in [0.15, 0.2) is 0 Å². The Morgan fingerprint density at radius 3 is 2.46 bits per heavy atom. The molecule has 0 aliphatic rings. The lowest BCUT2D eigenvalue weighted by atomic mass is 10.1. The number of hydrogen-bond acceptors (Lipinski definition) is 2. The third-order valence-electron chi connectivity index (χ3n) is 1.94. The van der Waals surface area contributed by atoms with E-state index in [1.807, 2.05) is 30.3 Å². The number of aliphatic hydroxyl groups is 1. The Labute approximate surface area is 83.3 Å². The molecule has 0 spiro atoms. The van der Waals surface area contributed by atoms with Gasteiger partial charge in [-0.15, -0.1) is 11.6 Å². The Kier molecular flexibility index (Phi) is 4.22. The largest absolute Gasteiger partial charge is 0.390 e. The third kappa shape index (κ3) is 3.77. The van der Waals surface area contributed by atoms with Crippen molar-refractivity contribution in [1.82, 2.24) is 0 Å². The molecule has 0 amide bonds. The van der Waals surface area contributed by atoms with Gasteiger partial charge < -0.3 is 10.8 Å². The fourth-order valence-electron chi connectivity index (χ4n) is 1.12. The van der Waals surface area contributed by atoms with Gasteiger partial charge >= 0.3 is 0 Å². The highest BCUT2D eigenvalue weighted by atomic mass is 35.5. The van der Waals surface area contributed by atoms with Crippen LogP contribution >= 0.6 is 11.6 Å². The standard InChI is InChI=1S/C10H14ClNO/c11-10(12)9(13)7-6-8-4-2-1-3-5-8/h1-5,9-10,13H,6-7,12H2/t9?,10-/m1/s1. The summed E-state index contributed by atoms with van der Waals surface area (Å²) < 4.78 is 0. The lowest BCUT2D eigenvalue weighted by Crippen LogP contribution is -2.29. The monoisotopic (exact) mass is 199 g/mol. The van der Waals surface area contributed by atoms with Crippen molar-refractivity contribution in [3.05, 3.63) is 35.9 Å². The Balaban J connectivity index is 2.35. The molecule has 0 radical (unpaired) electrons. The van der Waals surface area contributed by atoms with Gasteiger partial charge in [0.25, 0.3) is 0 Å². The maximum Gasteiger partial charge on any atom is 0.106 e. The van der Waals surface area contributed by atoms with Crippen LogP contribution in [0.25, 0.3) is 0 Å². The first-order valence-corrected chi connectivity index (χ1v) is 4.75. The van der Waals surface area contributed by atoms with Gasteiger partial charge in [0.05, 0.1) is 6.10 Å². The molecule has 0 aliphatic carbocycles. The molecule has 0 heterocycles. The predicted octanol–water partition coefficient (Wildman–Crippen LogP) is 1.50. The Bertz CT molecular complexity index is 238. The topological polar surface area (TPSA) is 46.2 Å². The summed E-state index contributed by atoms with van der Waals surface area (Å²) in [7, 11) is 0. The summed E-state index contributed by atoms with van der Waals surface area (Å²) in [6, 6.07) is 9.96. The molecule has 2 atom stereocenters. The van der Waals surface area contributed by atoms with Gasteiger partial charge in [-0.3, -0.25) is 0 Å². The molecule has 0 fully saturated rings. The predicted molar refractivity (Wildman–Crippen MR) is 54.6 cm³/mol. The highest BCUT2D eigenvalue weighted by Crippen LogP contribution is 2.07. The van der Waals surface area contributed by atoms with Crippen LogP contribution in [-0.4, -0.2) is 16.7 Å². The van der Waals surface area contributed by atoms with E-state index in [0.29, 0.717) is 6.42 Å². The first-order chi connectivity index (χ1) is 6.20. The van der Waals surface area contributed by atoms with Crippen LogP contribution in [0.1, 0.15) is 12.0 Å². The van der Waals surface area contributed by atoms with Crippen LogP contribution in [0.2, 0.25) is 0 Å². The molecule has 1 unspecified atom stereocenters. The van der Waals surface area contributed by atoms with Crippen LogP contribution in [-0.2, 0) is 6.42 Å². The summed E-state index contributed by atoms with van der Waals surface area (Å²) in [5, 5.41) is 9.33. The number of aliphatic hydroxyl groups excluding tert-OH is 1. The number of aryl methyl sites for hydroxylation is 1. The number of nitrogens with two attached hydrogens (primary N) is 1. The van der Waals surface area contributed by atoms with Gasteiger partial charge in [0, 0.05) is 0 Å². The number of hydrogen-bond donors (Lipinski definition) is 2. The zero-order valence-electron chi connectivity index (χ0n) is 7.36. The molecule has 3 N–H and O–H groups in total. The molecular weight excluding hydrogens is 186 g/mol. The summed E-state index contributed by atoms with van der Waals surface area (Å²) in [5.74, 6) is 0. The van der Waals surface area contributed by atoms with Crippen molar-refractivity contribution in [2.75, 3.05) is 0 Å². The van der Waals surface area contributed by atoms with Crippen molar-refractivity contribution >= 4 is 11.6 Å². The molecular formula is C10H14ClNO. The maximum atomic E-state index is 9.33. The van der Waals surface area contributed by atoms with E-state index < -0.39 is 11.6 Å². The van der Waals surface area contributed by atoms with Gasteiger partial charge in [0.2, 0.25) is 0 Å². The minimum absolute atomic E-state index is 0.606. The van der Waals surface area contributed by atoms with E-state index in [0.717, 1.165) is 6.42 Å². The minimum Gasteiger partial charge on any atom is -0.390 e. The highest BCUT2D eigenvalue weighted by molar-refractivity contribution is 6.20. The number of alkyl halides is 1. The van der Waals surface area contributed by atoms with Crippen molar-refractivity contribution in [2.24, 2.45) is 5.73 Å². The lowest BCUT2D eigenvalue weighted by Gasteiger charge is -2.11. The summed E-state index contributed by atoms with van der Waals surface area (Å²) in [6.07, 6.45) is 0.791. The SMILES string of the molecule is N[C@@H](Cl)C(O)CCc1ccccc1. The van der Waals surface area contributed by atoms with Gasteiger partial charge in [-0.2, -0.15) is 0 Å². The molecule has 72 valence electrons. The molecule has 1 rings (SSSR count). The molecule has 2 nitrogen and oxygen atoms in total. The summed E-state index contributed by atoms with van der Waals surface area (Å²) in [6.45, 7) is 0. The van der Waals surface area contributed by atoms with Gasteiger partial charge in [-0.05, 0) is 18.4 Å². The zero-order chi connectivity index (χ0) is 9.68. The molecule has 1 aromatic rings. The second-order valence-electron chi connectivity index (χ2n) is 3.04. The van der Waals surface area contributed by atoms with Crippen LogP contribution < -0.4 is 5.73 Å². The zero-order valence-corrected chi connectivity index (χ0v) is 8.11. The van der Waals surface area contributed by atoms with Gasteiger partial charge in [0.1, 0.15) is 5.50 Å². The first-order valence-electron chi connectivity index (χ1n) is 4.32. The molecule has 0 aromatic heterocycles. The quantitative estimate of drug-likeness (QED) is 0.571. The Hall–Kier alpha value is -0.570. The molecule has 13 heavy (non-hydrogen) atoms. The smallest absolute Gasteiger partial charge is 0.106 e. The van der Waals surface area contributed by atoms with Crippen LogP contribution in [0.5, 0.6) is 0 Å².